The van der Waals surface area contributed by atoms with Crippen LogP contribution in [0.5, 0.6) is 0 Å². The first-order chi connectivity index (χ1) is 7.13. The number of nitrogens with one attached hydrogen (secondary N) is 2. The van der Waals surface area contributed by atoms with Gasteiger partial charge in [-0.1, -0.05) is 6.07 Å². The molecule has 0 aliphatic rings. The quantitative estimate of drug-likeness (QED) is 0.791. The number of hydrogen-bond donors (Lipinski definition) is 2. The van der Waals surface area contributed by atoms with Gasteiger partial charge in [-0.15, -0.1) is 0 Å². The van der Waals surface area contributed by atoms with Crippen LogP contribution in [0.3, 0.4) is 0 Å². The van der Waals surface area contributed by atoms with E-state index in [2.05, 4.69) is 15.6 Å². The normalized spacial score (nSPS) is 10.1. The van der Waals surface area contributed by atoms with Crippen LogP contribution in [-0.4, -0.2) is 30.9 Å². The Morgan fingerprint density at radius 2 is 2.27 bits per heavy atom. The van der Waals surface area contributed by atoms with Crippen molar-refractivity contribution in [3.8, 4) is 0 Å². The molecule has 0 fully saturated rings. The molecule has 0 radical (unpaired) electrons. The first-order valence-corrected chi connectivity index (χ1v) is 4.34. The molecule has 6 heteroatoms. The van der Waals surface area contributed by atoms with E-state index >= 15 is 0 Å². The van der Waals surface area contributed by atoms with Crippen LogP contribution >= 0.6 is 0 Å². The molecule has 0 saturated carbocycles. The Labute approximate surface area is 85.7 Å². The van der Waals surface area contributed by atoms with Crippen molar-refractivity contribution in [2.24, 2.45) is 0 Å². The van der Waals surface area contributed by atoms with Crippen molar-refractivity contribution in [1.82, 2.24) is 10.3 Å². The number of carbonyl (C=O) groups excluding carboxylic acids is 1. The van der Waals surface area contributed by atoms with Crippen molar-refractivity contribution in [2.75, 3.05) is 18.9 Å². The summed E-state index contributed by atoms with van der Waals surface area (Å²) in [6.07, 6.45) is -2.55. The average Bonchev–Trinajstić information content (AvgIpc) is 2.26. The predicted molar refractivity (Wildman–Crippen MR) is 52.1 cm³/mol. The van der Waals surface area contributed by atoms with E-state index in [1.165, 1.54) is 6.07 Å². The Balaban J connectivity index is 2.65. The van der Waals surface area contributed by atoms with Gasteiger partial charge in [0.15, 0.2) is 0 Å². The van der Waals surface area contributed by atoms with E-state index in [-0.39, 0.29) is 5.69 Å². The standard InChI is InChI=1S/C9H11F2N3O/c1-12-8-4-2-3-6(14-8)9(15)13-5-7(10)11/h2-4,7H,5H2,1H3,(H,12,14)(H,13,15). The number of aromatic nitrogens is 1. The molecule has 0 aromatic carbocycles. The SMILES string of the molecule is CNc1cccc(C(=O)NCC(F)F)n1. The van der Waals surface area contributed by atoms with Gasteiger partial charge in [0, 0.05) is 7.05 Å². The Hall–Kier alpha value is -1.72. The van der Waals surface area contributed by atoms with E-state index < -0.39 is 18.9 Å². The lowest BCUT2D eigenvalue weighted by Crippen LogP contribution is -2.29. The summed E-state index contributed by atoms with van der Waals surface area (Å²) >= 11 is 0. The van der Waals surface area contributed by atoms with E-state index in [0.29, 0.717) is 5.82 Å². The van der Waals surface area contributed by atoms with Crippen molar-refractivity contribution in [3.63, 3.8) is 0 Å². The van der Waals surface area contributed by atoms with Crippen LogP contribution in [0.25, 0.3) is 0 Å². The molecule has 1 aromatic rings. The molecule has 0 atom stereocenters. The summed E-state index contributed by atoms with van der Waals surface area (Å²) in [5.41, 5.74) is 0.113. The van der Waals surface area contributed by atoms with Gasteiger partial charge in [-0.05, 0) is 12.1 Å². The maximum absolute atomic E-state index is 11.8. The van der Waals surface area contributed by atoms with Crippen LogP contribution in [0.4, 0.5) is 14.6 Å². The number of alkyl halides is 2. The number of halogens is 2. The van der Waals surface area contributed by atoms with Crippen molar-refractivity contribution < 1.29 is 13.6 Å². The molecule has 0 bridgehead atoms. The zero-order valence-electron chi connectivity index (χ0n) is 8.13. The molecular weight excluding hydrogens is 204 g/mol. The second kappa shape index (κ2) is 5.23. The van der Waals surface area contributed by atoms with Crippen LogP contribution < -0.4 is 10.6 Å². The number of rotatable bonds is 4. The highest BCUT2D eigenvalue weighted by Crippen LogP contribution is 2.03. The van der Waals surface area contributed by atoms with Crippen LogP contribution in [0.15, 0.2) is 18.2 Å². The summed E-state index contributed by atoms with van der Waals surface area (Å²) in [7, 11) is 1.66. The molecule has 0 unspecified atom stereocenters. The van der Waals surface area contributed by atoms with E-state index in [9.17, 15) is 13.6 Å². The fourth-order valence-corrected chi connectivity index (χ4v) is 0.961. The van der Waals surface area contributed by atoms with E-state index in [0.717, 1.165) is 0 Å². The number of pyridine rings is 1. The maximum atomic E-state index is 11.8. The third-order valence-electron chi connectivity index (χ3n) is 1.65. The van der Waals surface area contributed by atoms with Gasteiger partial charge < -0.3 is 10.6 Å². The monoisotopic (exact) mass is 215 g/mol. The minimum atomic E-state index is -2.55. The number of nitrogens with zero attached hydrogens (tertiary/aromatic N) is 1. The van der Waals surface area contributed by atoms with Crippen molar-refractivity contribution >= 4 is 11.7 Å². The summed E-state index contributed by atoms with van der Waals surface area (Å²) in [6.45, 7) is -0.662. The zero-order valence-corrected chi connectivity index (χ0v) is 8.13. The molecule has 82 valence electrons. The Morgan fingerprint density at radius 1 is 1.53 bits per heavy atom. The summed E-state index contributed by atoms with van der Waals surface area (Å²) < 4.78 is 23.6. The fraction of sp³-hybridized carbons (Fsp3) is 0.333. The summed E-state index contributed by atoms with van der Waals surface area (Å²) in [4.78, 5) is 15.2. The largest absolute Gasteiger partial charge is 0.373 e. The molecular formula is C9H11F2N3O. The van der Waals surface area contributed by atoms with Crippen molar-refractivity contribution in [2.45, 2.75) is 6.43 Å². The average molecular weight is 215 g/mol. The van der Waals surface area contributed by atoms with Crippen LogP contribution in [0, 0.1) is 0 Å². The van der Waals surface area contributed by atoms with Crippen molar-refractivity contribution in [3.05, 3.63) is 23.9 Å². The topological polar surface area (TPSA) is 54.0 Å². The molecule has 0 saturated heterocycles. The van der Waals surface area contributed by atoms with Gasteiger partial charge in [-0.2, -0.15) is 0 Å². The molecule has 0 aliphatic carbocycles. The number of anilines is 1. The van der Waals surface area contributed by atoms with Crippen LogP contribution in [0.1, 0.15) is 10.5 Å². The summed E-state index contributed by atoms with van der Waals surface area (Å²) in [5, 5.41) is 4.82. The van der Waals surface area contributed by atoms with Gasteiger partial charge in [0.05, 0.1) is 6.54 Å². The van der Waals surface area contributed by atoms with Gasteiger partial charge in [0.1, 0.15) is 11.5 Å². The lowest BCUT2D eigenvalue weighted by molar-refractivity contribution is 0.0887. The molecule has 15 heavy (non-hydrogen) atoms. The Morgan fingerprint density at radius 3 is 2.87 bits per heavy atom. The minimum Gasteiger partial charge on any atom is -0.373 e. The fourth-order valence-electron chi connectivity index (χ4n) is 0.961. The predicted octanol–water partition coefficient (Wildman–Crippen LogP) is 1.12. The molecule has 4 nitrogen and oxygen atoms in total. The van der Waals surface area contributed by atoms with Gasteiger partial charge in [-0.25, -0.2) is 13.8 Å². The van der Waals surface area contributed by atoms with Gasteiger partial charge in [0.25, 0.3) is 12.3 Å². The lowest BCUT2D eigenvalue weighted by Gasteiger charge is -2.05. The second-order valence-corrected chi connectivity index (χ2v) is 2.76. The smallest absolute Gasteiger partial charge is 0.270 e. The minimum absolute atomic E-state index is 0.113. The Bertz CT molecular complexity index is 344. The van der Waals surface area contributed by atoms with E-state index in [4.69, 9.17) is 0 Å². The highest BCUT2D eigenvalue weighted by Gasteiger charge is 2.09. The van der Waals surface area contributed by atoms with Crippen LogP contribution in [-0.2, 0) is 0 Å². The first kappa shape index (κ1) is 11.4. The van der Waals surface area contributed by atoms with E-state index in [1.807, 2.05) is 0 Å². The molecule has 0 aliphatic heterocycles. The molecule has 1 heterocycles. The lowest BCUT2D eigenvalue weighted by atomic mass is 10.3. The molecule has 1 rings (SSSR count). The summed E-state index contributed by atoms with van der Waals surface area (Å²) in [5.74, 6) is -0.0907. The van der Waals surface area contributed by atoms with Gasteiger partial charge in [0.2, 0.25) is 0 Å². The number of amides is 1. The summed E-state index contributed by atoms with van der Waals surface area (Å²) in [6, 6.07) is 4.75. The second-order valence-electron chi connectivity index (χ2n) is 2.76. The molecule has 0 spiro atoms. The molecule has 1 amide bonds. The van der Waals surface area contributed by atoms with Gasteiger partial charge >= 0.3 is 0 Å². The highest BCUT2D eigenvalue weighted by atomic mass is 19.3. The zero-order chi connectivity index (χ0) is 11.3. The number of hydrogen-bond acceptors (Lipinski definition) is 3. The Kier molecular flexibility index (Phi) is 3.96. The van der Waals surface area contributed by atoms with Crippen molar-refractivity contribution in [1.29, 1.82) is 0 Å². The third kappa shape index (κ3) is 3.49. The molecule has 1 aromatic heterocycles. The first-order valence-electron chi connectivity index (χ1n) is 4.34. The van der Waals surface area contributed by atoms with E-state index in [1.54, 1.807) is 19.2 Å². The third-order valence-corrected chi connectivity index (χ3v) is 1.65. The highest BCUT2D eigenvalue weighted by molar-refractivity contribution is 5.92. The number of carbonyl (C=O) groups is 1. The maximum Gasteiger partial charge on any atom is 0.270 e. The molecule has 2 N–H and O–H groups in total. The van der Waals surface area contributed by atoms with Crippen LogP contribution in [0.2, 0.25) is 0 Å². The van der Waals surface area contributed by atoms with Gasteiger partial charge in [-0.3, -0.25) is 4.79 Å².